The highest BCUT2D eigenvalue weighted by Crippen LogP contribution is 2.21. The normalized spacial score (nSPS) is 19.0. The molecule has 2 saturated heterocycles. The highest BCUT2D eigenvalue weighted by molar-refractivity contribution is 7.12. The van der Waals surface area contributed by atoms with Crippen LogP contribution in [0, 0.1) is 0 Å². The van der Waals surface area contributed by atoms with Crippen molar-refractivity contribution >= 4 is 28.9 Å². The summed E-state index contributed by atoms with van der Waals surface area (Å²) in [5.74, 6) is 2.10. The van der Waals surface area contributed by atoms with Crippen LogP contribution < -0.4 is 9.80 Å². The molecular weight excluding hydrogens is 348 g/mol. The first kappa shape index (κ1) is 17.2. The zero-order valence-electron chi connectivity index (χ0n) is 15.0. The first-order valence-corrected chi connectivity index (χ1v) is 9.92. The van der Waals surface area contributed by atoms with Gasteiger partial charge < -0.3 is 19.6 Å². The SMILES string of the molecule is CN1CCN(c2cc(N3CCN(C(=O)c4cccs4)CC3)ncn2)CC1. The summed E-state index contributed by atoms with van der Waals surface area (Å²) in [5.41, 5.74) is 0. The van der Waals surface area contributed by atoms with E-state index in [0.717, 1.165) is 68.9 Å². The summed E-state index contributed by atoms with van der Waals surface area (Å²) in [6.07, 6.45) is 1.66. The second-order valence-electron chi connectivity index (χ2n) is 6.78. The topological polar surface area (TPSA) is 55.8 Å². The predicted octanol–water partition coefficient (Wildman–Crippen LogP) is 1.25. The van der Waals surface area contributed by atoms with E-state index >= 15 is 0 Å². The lowest BCUT2D eigenvalue weighted by atomic mass is 10.2. The van der Waals surface area contributed by atoms with E-state index in [2.05, 4.69) is 37.8 Å². The maximum atomic E-state index is 12.5. The minimum atomic E-state index is 0.139. The summed E-state index contributed by atoms with van der Waals surface area (Å²) in [5, 5.41) is 1.95. The van der Waals surface area contributed by atoms with Crippen LogP contribution in [0.5, 0.6) is 0 Å². The van der Waals surface area contributed by atoms with Crippen molar-refractivity contribution in [3.05, 3.63) is 34.8 Å². The number of hydrogen-bond acceptors (Lipinski definition) is 7. The number of aromatic nitrogens is 2. The third kappa shape index (κ3) is 3.66. The average molecular weight is 372 g/mol. The molecule has 2 aliphatic rings. The molecule has 0 radical (unpaired) electrons. The highest BCUT2D eigenvalue weighted by Gasteiger charge is 2.24. The molecule has 0 saturated carbocycles. The van der Waals surface area contributed by atoms with Crippen LogP contribution in [0.15, 0.2) is 29.9 Å². The molecule has 0 bridgehead atoms. The van der Waals surface area contributed by atoms with Gasteiger partial charge in [0, 0.05) is 58.4 Å². The lowest BCUT2D eigenvalue weighted by Crippen LogP contribution is -2.49. The lowest BCUT2D eigenvalue weighted by molar-refractivity contribution is 0.0751. The Balaban J connectivity index is 1.38. The minimum absolute atomic E-state index is 0.139. The van der Waals surface area contributed by atoms with Crippen LogP contribution in [0.25, 0.3) is 0 Å². The third-order valence-corrected chi connectivity index (χ3v) is 5.95. The highest BCUT2D eigenvalue weighted by atomic mass is 32.1. The molecule has 2 fully saturated rings. The molecule has 2 aromatic heterocycles. The van der Waals surface area contributed by atoms with E-state index in [0.29, 0.717) is 0 Å². The fraction of sp³-hybridized carbons (Fsp3) is 0.500. The van der Waals surface area contributed by atoms with Crippen LogP contribution in [0.1, 0.15) is 9.67 Å². The van der Waals surface area contributed by atoms with Crippen LogP contribution in [-0.2, 0) is 0 Å². The monoisotopic (exact) mass is 372 g/mol. The van der Waals surface area contributed by atoms with Crippen molar-refractivity contribution < 1.29 is 4.79 Å². The third-order valence-electron chi connectivity index (χ3n) is 5.09. The molecule has 0 atom stereocenters. The molecular formula is C18H24N6OS. The van der Waals surface area contributed by atoms with Crippen LogP contribution in [0.3, 0.4) is 0 Å². The number of hydrogen-bond donors (Lipinski definition) is 0. The quantitative estimate of drug-likeness (QED) is 0.808. The Morgan fingerprint density at radius 3 is 2.15 bits per heavy atom. The summed E-state index contributed by atoms with van der Waals surface area (Å²) in [4.78, 5) is 31.1. The van der Waals surface area contributed by atoms with Crippen molar-refractivity contribution in [3.63, 3.8) is 0 Å². The Morgan fingerprint density at radius 2 is 1.58 bits per heavy atom. The first-order chi connectivity index (χ1) is 12.7. The van der Waals surface area contributed by atoms with E-state index in [1.165, 1.54) is 11.3 Å². The molecule has 2 aliphatic heterocycles. The van der Waals surface area contributed by atoms with Gasteiger partial charge in [-0.05, 0) is 18.5 Å². The van der Waals surface area contributed by atoms with Gasteiger partial charge in [-0.25, -0.2) is 9.97 Å². The maximum absolute atomic E-state index is 12.5. The van der Waals surface area contributed by atoms with E-state index < -0.39 is 0 Å². The van der Waals surface area contributed by atoms with E-state index in [1.807, 2.05) is 22.4 Å². The van der Waals surface area contributed by atoms with Crippen LogP contribution in [-0.4, -0.2) is 85.1 Å². The fourth-order valence-corrected chi connectivity index (χ4v) is 4.10. The number of anilines is 2. The zero-order chi connectivity index (χ0) is 17.9. The van der Waals surface area contributed by atoms with Gasteiger partial charge in [0.25, 0.3) is 5.91 Å². The van der Waals surface area contributed by atoms with E-state index in [4.69, 9.17) is 0 Å². The summed E-state index contributed by atoms with van der Waals surface area (Å²) in [6.45, 7) is 7.17. The molecule has 0 N–H and O–H groups in total. The Labute approximate surface area is 157 Å². The van der Waals surface area contributed by atoms with Crippen molar-refractivity contribution in [1.82, 2.24) is 19.8 Å². The number of thiophene rings is 1. The van der Waals surface area contributed by atoms with E-state index in [9.17, 15) is 4.79 Å². The fourth-order valence-electron chi connectivity index (χ4n) is 3.41. The Hall–Kier alpha value is -2.19. The smallest absolute Gasteiger partial charge is 0.264 e. The second kappa shape index (κ2) is 7.59. The van der Waals surface area contributed by atoms with Gasteiger partial charge in [-0.1, -0.05) is 6.07 Å². The predicted molar refractivity (Wildman–Crippen MR) is 104 cm³/mol. The molecule has 0 aromatic carbocycles. The Bertz CT molecular complexity index is 736. The second-order valence-corrected chi connectivity index (χ2v) is 7.73. The molecule has 26 heavy (non-hydrogen) atoms. The molecule has 0 spiro atoms. The number of likely N-dealkylation sites (N-methyl/N-ethyl adjacent to an activating group) is 1. The van der Waals surface area contributed by atoms with Gasteiger partial charge in [0.05, 0.1) is 4.88 Å². The maximum Gasteiger partial charge on any atom is 0.264 e. The van der Waals surface area contributed by atoms with E-state index in [1.54, 1.807) is 6.33 Å². The Kier molecular flexibility index (Phi) is 5.03. The van der Waals surface area contributed by atoms with Gasteiger partial charge in [-0.3, -0.25) is 4.79 Å². The first-order valence-electron chi connectivity index (χ1n) is 9.04. The molecule has 0 unspecified atom stereocenters. The minimum Gasteiger partial charge on any atom is -0.354 e. The average Bonchev–Trinajstić information content (AvgIpc) is 3.23. The van der Waals surface area contributed by atoms with Crippen molar-refractivity contribution in [2.75, 3.05) is 69.2 Å². The molecule has 1 amide bonds. The number of nitrogens with zero attached hydrogens (tertiary/aromatic N) is 6. The van der Waals surface area contributed by atoms with Crippen molar-refractivity contribution in [2.24, 2.45) is 0 Å². The zero-order valence-corrected chi connectivity index (χ0v) is 15.9. The van der Waals surface area contributed by atoms with Crippen molar-refractivity contribution in [1.29, 1.82) is 0 Å². The molecule has 2 aromatic rings. The van der Waals surface area contributed by atoms with Gasteiger partial charge in [-0.15, -0.1) is 11.3 Å². The van der Waals surface area contributed by atoms with Crippen LogP contribution in [0.4, 0.5) is 11.6 Å². The summed E-state index contributed by atoms with van der Waals surface area (Å²) in [7, 11) is 2.15. The van der Waals surface area contributed by atoms with Gasteiger partial charge in [-0.2, -0.15) is 0 Å². The van der Waals surface area contributed by atoms with Gasteiger partial charge in [0.15, 0.2) is 0 Å². The molecule has 4 heterocycles. The number of carbonyl (C=O) groups excluding carboxylic acids is 1. The largest absolute Gasteiger partial charge is 0.354 e. The number of rotatable bonds is 3. The Morgan fingerprint density at radius 1 is 0.962 bits per heavy atom. The van der Waals surface area contributed by atoms with Gasteiger partial charge in [0.2, 0.25) is 0 Å². The van der Waals surface area contributed by atoms with Crippen molar-refractivity contribution in [3.8, 4) is 0 Å². The van der Waals surface area contributed by atoms with Crippen LogP contribution in [0.2, 0.25) is 0 Å². The molecule has 138 valence electrons. The lowest BCUT2D eigenvalue weighted by Gasteiger charge is -2.36. The summed E-state index contributed by atoms with van der Waals surface area (Å²) < 4.78 is 0. The standard InChI is InChI=1S/C18H24N6OS/c1-21-4-6-22(7-5-21)16-13-17(20-14-19-16)23-8-10-24(11-9-23)18(25)15-3-2-12-26-15/h2-3,12-14H,4-11H2,1H3. The number of piperazine rings is 2. The molecule has 0 aliphatic carbocycles. The van der Waals surface area contributed by atoms with Gasteiger partial charge >= 0.3 is 0 Å². The van der Waals surface area contributed by atoms with Crippen LogP contribution >= 0.6 is 11.3 Å². The van der Waals surface area contributed by atoms with Gasteiger partial charge in [0.1, 0.15) is 18.0 Å². The summed E-state index contributed by atoms with van der Waals surface area (Å²) >= 11 is 1.51. The molecule has 4 rings (SSSR count). The molecule has 8 heteroatoms. The molecule has 7 nitrogen and oxygen atoms in total. The van der Waals surface area contributed by atoms with E-state index in [-0.39, 0.29) is 5.91 Å². The van der Waals surface area contributed by atoms with Crippen molar-refractivity contribution in [2.45, 2.75) is 0 Å². The number of carbonyl (C=O) groups is 1. The number of amides is 1. The summed E-state index contributed by atoms with van der Waals surface area (Å²) in [6, 6.07) is 5.91.